The molecule has 0 aliphatic rings. The monoisotopic (exact) mass is 280 g/mol. The molecular weight excluding hydrogens is 280 g/mol. The zero-order valence-electron chi connectivity index (χ0n) is 4.31. The van der Waals surface area contributed by atoms with E-state index in [2.05, 4.69) is 26.3 Å². The Balaban J connectivity index is 2.96. The summed E-state index contributed by atoms with van der Waals surface area (Å²) in [5, 5.41) is -0.440. The number of aromatic nitrogens is 2. The molecular formula is C3ClF2IN2O. The fraction of sp³-hybridized carbons (Fsp3) is 0.333. The van der Waals surface area contributed by atoms with Crippen molar-refractivity contribution in [1.82, 2.24) is 10.1 Å². The van der Waals surface area contributed by atoms with Crippen molar-refractivity contribution < 1.29 is 13.3 Å². The van der Waals surface area contributed by atoms with Gasteiger partial charge in [0.1, 0.15) is 0 Å². The molecule has 0 bridgehead atoms. The van der Waals surface area contributed by atoms with Gasteiger partial charge in [-0.3, -0.25) is 0 Å². The highest BCUT2D eigenvalue weighted by molar-refractivity contribution is 14.1. The van der Waals surface area contributed by atoms with E-state index in [9.17, 15) is 8.78 Å². The molecule has 1 heterocycles. The van der Waals surface area contributed by atoms with E-state index in [0.29, 0.717) is 0 Å². The summed E-state index contributed by atoms with van der Waals surface area (Å²) < 4.78 is 28.3. The SMILES string of the molecule is FC(F)(Cl)c1nc(I)no1. The lowest BCUT2D eigenvalue weighted by molar-refractivity contribution is 0.0550. The van der Waals surface area contributed by atoms with Gasteiger partial charge in [-0.2, -0.15) is 13.8 Å². The second kappa shape index (κ2) is 2.57. The molecule has 0 radical (unpaired) electrons. The van der Waals surface area contributed by atoms with Crippen LogP contribution in [0.1, 0.15) is 5.89 Å². The van der Waals surface area contributed by atoms with E-state index in [1.54, 1.807) is 22.6 Å². The molecule has 0 aliphatic heterocycles. The summed E-state index contributed by atoms with van der Waals surface area (Å²) in [5.74, 6) is -0.876. The number of alkyl halides is 3. The van der Waals surface area contributed by atoms with Gasteiger partial charge in [0.05, 0.1) is 0 Å². The molecule has 0 amide bonds. The first-order chi connectivity index (χ1) is 4.50. The number of nitrogens with zero attached hydrogens (tertiary/aromatic N) is 2. The van der Waals surface area contributed by atoms with Gasteiger partial charge in [0.2, 0.25) is 3.83 Å². The largest absolute Gasteiger partial charge is 0.400 e. The van der Waals surface area contributed by atoms with Gasteiger partial charge in [-0.15, -0.1) is 0 Å². The maximum Gasteiger partial charge on any atom is 0.400 e. The van der Waals surface area contributed by atoms with Crippen LogP contribution in [0.4, 0.5) is 8.78 Å². The van der Waals surface area contributed by atoms with Gasteiger partial charge in [0.25, 0.3) is 0 Å². The Morgan fingerprint density at radius 1 is 1.60 bits per heavy atom. The third kappa shape index (κ3) is 1.75. The smallest absolute Gasteiger partial charge is 0.330 e. The quantitative estimate of drug-likeness (QED) is 0.583. The van der Waals surface area contributed by atoms with Crippen LogP contribution in [0.2, 0.25) is 0 Å². The van der Waals surface area contributed by atoms with Gasteiger partial charge in [0.15, 0.2) is 0 Å². The highest BCUT2D eigenvalue weighted by atomic mass is 127. The molecule has 0 atom stereocenters. The van der Waals surface area contributed by atoms with E-state index >= 15 is 0 Å². The summed E-state index contributed by atoms with van der Waals surface area (Å²) >= 11 is 6.17. The predicted molar refractivity (Wildman–Crippen MR) is 36.8 cm³/mol. The zero-order chi connectivity index (χ0) is 7.78. The lowest BCUT2D eigenvalue weighted by atomic mass is 10.7. The second-order valence-electron chi connectivity index (χ2n) is 1.37. The van der Waals surface area contributed by atoms with Crippen molar-refractivity contribution in [3.8, 4) is 0 Å². The molecule has 7 heteroatoms. The third-order valence-electron chi connectivity index (χ3n) is 0.644. The molecule has 0 aromatic carbocycles. The van der Waals surface area contributed by atoms with E-state index in [-0.39, 0.29) is 3.83 Å². The summed E-state index contributed by atoms with van der Waals surface area (Å²) in [5.41, 5.74) is 0. The average molecular weight is 280 g/mol. The minimum Gasteiger partial charge on any atom is -0.330 e. The number of rotatable bonds is 1. The van der Waals surface area contributed by atoms with Crippen LogP contribution in [0.25, 0.3) is 0 Å². The Hall–Kier alpha value is 0.0200. The molecule has 0 fully saturated rings. The van der Waals surface area contributed by atoms with E-state index in [1.165, 1.54) is 0 Å². The van der Waals surface area contributed by atoms with Crippen LogP contribution in [-0.4, -0.2) is 10.1 Å². The standard InChI is InChI=1S/C3ClF2IN2O/c4-3(5,6)1-8-2(7)9-10-1. The molecule has 1 aromatic rings. The lowest BCUT2D eigenvalue weighted by Crippen LogP contribution is -2.03. The van der Waals surface area contributed by atoms with Gasteiger partial charge in [-0.25, -0.2) is 0 Å². The molecule has 3 nitrogen and oxygen atoms in total. The minimum atomic E-state index is -3.56. The van der Waals surface area contributed by atoms with Crippen molar-refractivity contribution in [3.05, 3.63) is 9.72 Å². The normalized spacial score (nSPS) is 12.0. The topological polar surface area (TPSA) is 38.9 Å². The Morgan fingerprint density at radius 3 is 2.40 bits per heavy atom. The molecule has 1 rings (SSSR count). The fourth-order valence-corrected chi connectivity index (χ4v) is 0.715. The maximum atomic E-state index is 12.0. The Bertz CT molecular complexity index is 235. The molecule has 56 valence electrons. The van der Waals surface area contributed by atoms with Crippen LogP contribution in [0.5, 0.6) is 0 Å². The molecule has 0 saturated heterocycles. The fourth-order valence-electron chi connectivity index (χ4n) is 0.321. The van der Waals surface area contributed by atoms with Crippen molar-refractivity contribution >= 4 is 34.2 Å². The Labute approximate surface area is 72.9 Å². The average Bonchev–Trinajstić information content (AvgIpc) is 2.11. The molecule has 0 unspecified atom stereocenters. The van der Waals surface area contributed by atoms with Crippen LogP contribution in [0.3, 0.4) is 0 Å². The third-order valence-corrected chi connectivity index (χ3v) is 1.24. The Kier molecular flexibility index (Phi) is 2.09. The van der Waals surface area contributed by atoms with E-state index < -0.39 is 11.3 Å². The van der Waals surface area contributed by atoms with E-state index in [0.717, 1.165) is 0 Å². The predicted octanol–water partition coefficient (Wildman–Crippen LogP) is 1.96. The summed E-state index contributed by atoms with van der Waals surface area (Å²) in [6, 6.07) is 0. The lowest BCUT2D eigenvalue weighted by Gasteiger charge is -1.97. The van der Waals surface area contributed by atoms with Crippen molar-refractivity contribution in [2.45, 2.75) is 5.38 Å². The molecule has 1 aromatic heterocycles. The summed E-state index contributed by atoms with van der Waals surface area (Å²) in [7, 11) is 0. The highest BCUT2D eigenvalue weighted by Gasteiger charge is 2.35. The first-order valence-corrected chi connectivity index (χ1v) is 3.52. The first kappa shape index (κ1) is 8.12. The second-order valence-corrected chi connectivity index (χ2v) is 2.81. The highest BCUT2D eigenvalue weighted by Crippen LogP contribution is 2.30. The summed E-state index contributed by atoms with van der Waals surface area (Å²) in [4.78, 5) is 3.21. The molecule has 0 spiro atoms. The molecule has 0 aliphatic carbocycles. The van der Waals surface area contributed by atoms with Crippen molar-refractivity contribution in [1.29, 1.82) is 0 Å². The van der Waals surface area contributed by atoms with Crippen LogP contribution >= 0.6 is 34.2 Å². The molecule has 0 saturated carbocycles. The summed E-state index contributed by atoms with van der Waals surface area (Å²) in [6.45, 7) is 0. The van der Waals surface area contributed by atoms with Crippen molar-refractivity contribution in [2.75, 3.05) is 0 Å². The first-order valence-electron chi connectivity index (χ1n) is 2.06. The van der Waals surface area contributed by atoms with Gasteiger partial charge in [-0.1, -0.05) is 5.16 Å². The number of hydrogen-bond donors (Lipinski definition) is 0. The Morgan fingerprint density at radius 2 is 2.20 bits per heavy atom. The number of hydrogen-bond acceptors (Lipinski definition) is 3. The molecule has 10 heavy (non-hydrogen) atoms. The van der Waals surface area contributed by atoms with Crippen molar-refractivity contribution in [3.63, 3.8) is 0 Å². The number of halogens is 4. The minimum absolute atomic E-state index is 0.105. The van der Waals surface area contributed by atoms with E-state index in [1.807, 2.05) is 0 Å². The molecule has 0 N–H and O–H groups in total. The van der Waals surface area contributed by atoms with Crippen LogP contribution in [0, 0.1) is 3.83 Å². The van der Waals surface area contributed by atoms with Crippen LogP contribution in [-0.2, 0) is 5.38 Å². The van der Waals surface area contributed by atoms with Crippen LogP contribution in [0.15, 0.2) is 4.52 Å². The van der Waals surface area contributed by atoms with E-state index in [4.69, 9.17) is 0 Å². The van der Waals surface area contributed by atoms with Crippen molar-refractivity contribution in [2.24, 2.45) is 0 Å². The summed E-state index contributed by atoms with van der Waals surface area (Å²) in [6.07, 6.45) is 0. The van der Waals surface area contributed by atoms with Gasteiger partial charge in [-0.05, 0) is 11.6 Å². The van der Waals surface area contributed by atoms with Gasteiger partial charge < -0.3 is 4.52 Å². The van der Waals surface area contributed by atoms with Gasteiger partial charge in [0, 0.05) is 22.6 Å². The maximum absolute atomic E-state index is 12.0. The zero-order valence-corrected chi connectivity index (χ0v) is 7.23. The van der Waals surface area contributed by atoms with Crippen LogP contribution < -0.4 is 0 Å². The van der Waals surface area contributed by atoms with Gasteiger partial charge >= 0.3 is 11.3 Å².